The van der Waals surface area contributed by atoms with Gasteiger partial charge in [0.15, 0.2) is 0 Å². The summed E-state index contributed by atoms with van der Waals surface area (Å²) in [6.45, 7) is 4.16. The zero-order valence-corrected chi connectivity index (χ0v) is 18.5. The molecule has 0 bridgehead atoms. The van der Waals surface area contributed by atoms with Crippen molar-refractivity contribution in [2.75, 3.05) is 14.2 Å². The van der Waals surface area contributed by atoms with Crippen LogP contribution >= 0.6 is 0 Å². The Morgan fingerprint density at radius 1 is 1.06 bits per heavy atom. The van der Waals surface area contributed by atoms with Crippen LogP contribution in [0.1, 0.15) is 23.8 Å². The average Bonchev–Trinajstić information content (AvgIpc) is 3.47. The van der Waals surface area contributed by atoms with Crippen molar-refractivity contribution in [3.05, 3.63) is 78.0 Å². The van der Waals surface area contributed by atoms with Crippen LogP contribution in [0.5, 0.6) is 11.5 Å². The van der Waals surface area contributed by atoms with Crippen LogP contribution in [0.2, 0.25) is 0 Å². The van der Waals surface area contributed by atoms with Crippen LogP contribution in [0.25, 0.3) is 27.7 Å². The first kappa shape index (κ1) is 21.3. The summed E-state index contributed by atoms with van der Waals surface area (Å²) in [5, 5.41) is 3.76. The molecule has 1 amide bonds. The van der Waals surface area contributed by atoms with E-state index < -0.39 is 0 Å². The summed E-state index contributed by atoms with van der Waals surface area (Å²) < 4.78 is 22.4. The number of allylic oxidation sites excluding steroid dienone is 1. The van der Waals surface area contributed by atoms with Crippen molar-refractivity contribution in [1.82, 2.24) is 5.32 Å². The van der Waals surface area contributed by atoms with Crippen molar-refractivity contribution in [3.8, 4) is 22.6 Å². The normalized spacial score (nSPS) is 11.6. The number of para-hydroxylation sites is 1. The second kappa shape index (κ2) is 9.06. The van der Waals surface area contributed by atoms with Crippen LogP contribution in [0, 0.1) is 6.92 Å². The maximum absolute atomic E-state index is 12.5. The number of fused-ring (bicyclic) bond motifs is 1. The minimum Gasteiger partial charge on any atom is -0.496 e. The van der Waals surface area contributed by atoms with Crippen LogP contribution in [-0.2, 0) is 11.3 Å². The molecule has 0 aliphatic carbocycles. The van der Waals surface area contributed by atoms with E-state index in [1.807, 2.05) is 50.2 Å². The number of hydrogen-bond acceptors (Lipinski definition) is 5. The number of rotatable bonds is 7. The van der Waals surface area contributed by atoms with Crippen molar-refractivity contribution < 1.29 is 23.1 Å². The van der Waals surface area contributed by atoms with Gasteiger partial charge in [0.2, 0.25) is 5.91 Å². The second-order valence-electron chi connectivity index (χ2n) is 7.43. The highest BCUT2D eigenvalue weighted by Crippen LogP contribution is 2.42. The lowest BCUT2D eigenvalue weighted by atomic mass is 9.96. The van der Waals surface area contributed by atoms with Gasteiger partial charge in [-0.05, 0) is 43.7 Å². The molecule has 6 nitrogen and oxygen atoms in total. The zero-order valence-electron chi connectivity index (χ0n) is 18.5. The van der Waals surface area contributed by atoms with Crippen molar-refractivity contribution in [3.63, 3.8) is 0 Å². The number of carbonyl (C=O) groups is 1. The van der Waals surface area contributed by atoms with E-state index in [-0.39, 0.29) is 5.91 Å². The fraction of sp³-hybridized carbons (Fsp3) is 0.192. The minimum absolute atomic E-state index is 0.212. The molecule has 2 aromatic carbocycles. The van der Waals surface area contributed by atoms with Gasteiger partial charge in [-0.1, -0.05) is 18.2 Å². The predicted molar refractivity (Wildman–Crippen MR) is 124 cm³/mol. The van der Waals surface area contributed by atoms with E-state index in [1.165, 1.54) is 0 Å². The number of amides is 1. The van der Waals surface area contributed by atoms with Gasteiger partial charge in [0.05, 0.1) is 33.3 Å². The summed E-state index contributed by atoms with van der Waals surface area (Å²) in [6.07, 6.45) is 4.87. The summed E-state index contributed by atoms with van der Waals surface area (Å²) >= 11 is 0. The molecule has 0 spiro atoms. The van der Waals surface area contributed by atoms with E-state index in [4.69, 9.17) is 18.3 Å². The molecule has 2 aromatic heterocycles. The van der Waals surface area contributed by atoms with E-state index in [2.05, 4.69) is 5.32 Å². The molecule has 0 fully saturated rings. The summed E-state index contributed by atoms with van der Waals surface area (Å²) in [7, 11) is 3.26. The van der Waals surface area contributed by atoms with Gasteiger partial charge < -0.3 is 23.6 Å². The third kappa shape index (κ3) is 3.99. The first-order chi connectivity index (χ1) is 15.5. The Morgan fingerprint density at radius 2 is 1.88 bits per heavy atom. The number of ether oxygens (including phenoxy) is 2. The Hall–Kier alpha value is -3.93. The first-order valence-corrected chi connectivity index (χ1v) is 10.2. The van der Waals surface area contributed by atoms with Gasteiger partial charge >= 0.3 is 0 Å². The summed E-state index contributed by atoms with van der Waals surface area (Å²) in [4.78, 5) is 12.5. The molecule has 32 heavy (non-hydrogen) atoms. The topological polar surface area (TPSA) is 73.8 Å². The Labute approximate surface area is 186 Å². The molecule has 4 rings (SSSR count). The number of methoxy groups -OCH3 is 2. The Morgan fingerprint density at radius 3 is 2.59 bits per heavy atom. The van der Waals surface area contributed by atoms with Crippen molar-refractivity contribution in [2.45, 2.75) is 20.4 Å². The monoisotopic (exact) mass is 431 g/mol. The third-order valence-electron chi connectivity index (χ3n) is 5.43. The van der Waals surface area contributed by atoms with Gasteiger partial charge in [0, 0.05) is 33.7 Å². The molecule has 0 saturated heterocycles. The molecule has 164 valence electrons. The van der Waals surface area contributed by atoms with Gasteiger partial charge in [-0.2, -0.15) is 0 Å². The molecular weight excluding hydrogens is 406 g/mol. The van der Waals surface area contributed by atoms with E-state index in [9.17, 15) is 4.79 Å². The standard InChI is InChI=1S/C26H25NO5/c1-16(12-24(28)27-14-18-8-7-11-31-18)20-13-21-22(19-9-5-6-10-23(19)29-3)15-32-26(21)17(2)25(20)30-4/h5-13,15H,14H2,1-4H3,(H,27,28)/b16-12+. The first-order valence-electron chi connectivity index (χ1n) is 10.2. The highest BCUT2D eigenvalue weighted by atomic mass is 16.5. The molecule has 0 aliphatic rings. The van der Waals surface area contributed by atoms with E-state index in [0.29, 0.717) is 18.1 Å². The fourth-order valence-corrected chi connectivity index (χ4v) is 3.86. The number of hydrogen-bond donors (Lipinski definition) is 1. The van der Waals surface area contributed by atoms with Crippen molar-refractivity contribution >= 4 is 22.4 Å². The minimum atomic E-state index is -0.212. The van der Waals surface area contributed by atoms with Crippen LogP contribution in [0.4, 0.5) is 0 Å². The largest absolute Gasteiger partial charge is 0.496 e. The van der Waals surface area contributed by atoms with Gasteiger partial charge in [0.25, 0.3) is 0 Å². The molecule has 0 aliphatic heterocycles. The van der Waals surface area contributed by atoms with Crippen LogP contribution in [0.15, 0.2) is 69.9 Å². The van der Waals surface area contributed by atoms with Gasteiger partial charge in [0.1, 0.15) is 22.8 Å². The second-order valence-corrected chi connectivity index (χ2v) is 7.43. The Bertz CT molecular complexity index is 1280. The van der Waals surface area contributed by atoms with Gasteiger partial charge in [-0.15, -0.1) is 0 Å². The highest BCUT2D eigenvalue weighted by Gasteiger charge is 2.20. The Balaban J connectivity index is 1.75. The lowest BCUT2D eigenvalue weighted by molar-refractivity contribution is -0.116. The van der Waals surface area contributed by atoms with Crippen LogP contribution in [0.3, 0.4) is 0 Å². The average molecular weight is 431 g/mol. The van der Waals surface area contributed by atoms with E-state index in [0.717, 1.165) is 44.5 Å². The van der Waals surface area contributed by atoms with E-state index in [1.54, 1.807) is 38.9 Å². The van der Waals surface area contributed by atoms with Crippen LogP contribution < -0.4 is 14.8 Å². The quantitative estimate of drug-likeness (QED) is 0.378. The number of benzene rings is 2. The molecule has 0 radical (unpaired) electrons. The number of carbonyl (C=O) groups excluding carboxylic acids is 1. The Kier molecular flexibility index (Phi) is 6.03. The predicted octanol–water partition coefficient (Wildman–Crippen LogP) is 5.74. The molecular formula is C26H25NO5. The zero-order chi connectivity index (χ0) is 22.7. The molecule has 0 unspecified atom stereocenters. The van der Waals surface area contributed by atoms with Crippen molar-refractivity contribution in [1.29, 1.82) is 0 Å². The molecule has 2 heterocycles. The van der Waals surface area contributed by atoms with Crippen LogP contribution in [-0.4, -0.2) is 20.1 Å². The maximum atomic E-state index is 12.5. The van der Waals surface area contributed by atoms with E-state index >= 15 is 0 Å². The van der Waals surface area contributed by atoms with Crippen molar-refractivity contribution in [2.24, 2.45) is 0 Å². The summed E-state index contributed by atoms with van der Waals surface area (Å²) in [5.41, 5.74) is 5.05. The number of nitrogens with one attached hydrogen (secondary N) is 1. The summed E-state index contributed by atoms with van der Waals surface area (Å²) in [6, 6.07) is 13.4. The number of aryl methyl sites for hydroxylation is 1. The summed E-state index contributed by atoms with van der Waals surface area (Å²) in [5.74, 6) is 1.91. The smallest absolute Gasteiger partial charge is 0.244 e. The number of furan rings is 2. The maximum Gasteiger partial charge on any atom is 0.244 e. The molecule has 0 saturated carbocycles. The highest BCUT2D eigenvalue weighted by molar-refractivity contribution is 6.02. The lowest BCUT2D eigenvalue weighted by Gasteiger charge is -2.14. The fourth-order valence-electron chi connectivity index (χ4n) is 3.86. The van der Waals surface area contributed by atoms with Gasteiger partial charge in [-0.25, -0.2) is 0 Å². The SMILES string of the molecule is COc1ccccc1-c1coc2c(C)c(OC)c(/C(C)=C/C(=O)NCc3ccco3)cc12. The van der Waals surface area contributed by atoms with Gasteiger partial charge in [-0.3, -0.25) is 4.79 Å². The third-order valence-corrected chi connectivity index (χ3v) is 5.43. The lowest BCUT2D eigenvalue weighted by Crippen LogP contribution is -2.20. The molecule has 0 atom stereocenters. The molecule has 4 aromatic rings. The molecule has 1 N–H and O–H groups in total. The molecule has 6 heteroatoms.